The van der Waals surface area contributed by atoms with Gasteiger partial charge in [0.2, 0.25) is 0 Å². The van der Waals surface area contributed by atoms with Crippen LogP contribution in [0.25, 0.3) is 22.1 Å². The predicted octanol–water partition coefficient (Wildman–Crippen LogP) is 8.41. The molecule has 246 valence electrons. The molecule has 0 radical (unpaired) electrons. The topological polar surface area (TPSA) is 84.2 Å². The molecule has 0 saturated carbocycles. The Kier molecular flexibility index (Phi) is 12.2. The molecular formula is C32H34F6O7. The molecule has 7 nitrogen and oxygen atoms in total. The summed E-state index contributed by atoms with van der Waals surface area (Å²) in [5, 5.41) is 0.525. The summed E-state index contributed by atoms with van der Waals surface area (Å²) in [5.41, 5.74) is 2.75. The van der Waals surface area contributed by atoms with Crippen molar-refractivity contribution < 1.29 is 54.5 Å². The van der Waals surface area contributed by atoms with Gasteiger partial charge in [-0.05, 0) is 54.2 Å². The molecule has 3 rings (SSSR count). The maximum Gasteiger partial charge on any atom is 0.494 e. The molecule has 0 aliphatic heterocycles. The monoisotopic (exact) mass is 644 g/mol. The highest BCUT2D eigenvalue weighted by atomic mass is 19.3. The van der Waals surface area contributed by atoms with Crippen LogP contribution in [0, 0.1) is 0 Å². The maximum absolute atomic E-state index is 14.0. The Morgan fingerprint density at radius 1 is 0.889 bits per heavy atom. The zero-order chi connectivity index (χ0) is 33.3. The Balaban J connectivity index is 1.62. The Hall–Kier alpha value is -3.84. The first-order valence-electron chi connectivity index (χ1n) is 14.3. The lowest BCUT2D eigenvalue weighted by atomic mass is 9.94. The van der Waals surface area contributed by atoms with E-state index in [9.17, 15) is 35.9 Å². The maximum atomic E-state index is 14.0. The number of halogens is 6. The Morgan fingerprint density at radius 2 is 1.58 bits per heavy atom. The van der Waals surface area contributed by atoms with Gasteiger partial charge in [-0.25, -0.2) is 19.1 Å². The van der Waals surface area contributed by atoms with Gasteiger partial charge in [0.05, 0.1) is 31.6 Å². The Bertz CT molecular complexity index is 1520. The third kappa shape index (κ3) is 10.9. The van der Waals surface area contributed by atoms with Gasteiger partial charge >= 0.3 is 30.1 Å². The highest BCUT2D eigenvalue weighted by molar-refractivity contribution is 5.83. The molecule has 1 heterocycles. The minimum Gasteiger partial charge on any atom is -0.493 e. The number of rotatable bonds is 18. The van der Waals surface area contributed by atoms with Crippen molar-refractivity contribution in [2.75, 3.05) is 13.2 Å². The van der Waals surface area contributed by atoms with Crippen LogP contribution in [-0.4, -0.2) is 37.7 Å². The van der Waals surface area contributed by atoms with Crippen molar-refractivity contribution in [1.29, 1.82) is 0 Å². The lowest BCUT2D eigenvalue weighted by molar-refractivity contribution is -0.514. The van der Waals surface area contributed by atoms with E-state index >= 15 is 0 Å². The van der Waals surface area contributed by atoms with Gasteiger partial charge < -0.3 is 13.9 Å². The van der Waals surface area contributed by atoms with E-state index in [4.69, 9.17) is 9.15 Å². The number of ether oxygens (including phenoxy) is 4. The third-order valence-electron chi connectivity index (χ3n) is 6.62. The quantitative estimate of drug-likeness (QED) is 0.0343. The predicted molar refractivity (Wildman–Crippen MR) is 153 cm³/mol. The van der Waals surface area contributed by atoms with Crippen LogP contribution < -0.4 is 10.4 Å². The molecule has 0 N–H and O–H groups in total. The molecule has 3 aromatic rings. The minimum absolute atomic E-state index is 0.0245. The summed E-state index contributed by atoms with van der Waals surface area (Å²) < 4.78 is 104. The normalized spacial score (nSPS) is 12.4. The smallest absolute Gasteiger partial charge is 0.493 e. The second-order valence-corrected chi connectivity index (χ2v) is 10.1. The fourth-order valence-corrected chi connectivity index (χ4v) is 4.39. The van der Waals surface area contributed by atoms with Crippen molar-refractivity contribution in [2.45, 2.75) is 77.3 Å². The lowest BCUT2D eigenvalue weighted by Gasteiger charge is -2.26. The van der Waals surface area contributed by atoms with Crippen LogP contribution in [0.3, 0.4) is 0 Å². The highest BCUT2D eigenvalue weighted by Gasteiger charge is 2.52. The molecule has 2 aromatic carbocycles. The molecule has 0 atom stereocenters. The van der Waals surface area contributed by atoms with Crippen molar-refractivity contribution in [2.24, 2.45) is 0 Å². The molecule has 0 saturated heterocycles. The van der Waals surface area contributed by atoms with E-state index in [1.165, 1.54) is 23.8 Å². The third-order valence-corrected chi connectivity index (χ3v) is 6.62. The molecule has 13 heteroatoms. The van der Waals surface area contributed by atoms with Gasteiger partial charge in [-0.2, -0.15) is 17.6 Å². The van der Waals surface area contributed by atoms with Gasteiger partial charge in [-0.3, -0.25) is 0 Å². The van der Waals surface area contributed by atoms with Crippen LogP contribution in [0.15, 0.2) is 64.3 Å². The van der Waals surface area contributed by atoms with E-state index in [1.54, 1.807) is 6.07 Å². The van der Waals surface area contributed by atoms with Crippen molar-refractivity contribution in [1.82, 2.24) is 0 Å². The zero-order valence-electron chi connectivity index (χ0n) is 24.8. The Morgan fingerprint density at radius 3 is 2.22 bits per heavy atom. The van der Waals surface area contributed by atoms with Crippen LogP contribution in [-0.2, 0) is 31.8 Å². The summed E-state index contributed by atoms with van der Waals surface area (Å²) in [5.74, 6) is -1.12. The van der Waals surface area contributed by atoms with Crippen LogP contribution in [0.1, 0.15) is 57.1 Å². The lowest BCUT2D eigenvalue weighted by Crippen LogP contribution is -2.41. The Labute approximate surface area is 255 Å². The number of carbonyl (C=O) groups excluding carboxylic acids is 1. The molecule has 0 aliphatic carbocycles. The summed E-state index contributed by atoms with van der Waals surface area (Å²) in [6.07, 6.45) is -12.1. The van der Waals surface area contributed by atoms with Crippen molar-refractivity contribution >= 4 is 16.9 Å². The second-order valence-electron chi connectivity index (χ2n) is 10.1. The fourth-order valence-electron chi connectivity index (χ4n) is 4.39. The van der Waals surface area contributed by atoms with E-state index in [-0.39, 0.29) is 11.3 Å². The van der Waals surface area contributed by atoms with Gasteiger partial charge in [-0.15, -0.1) is 8.78 Å². The van der Waals surface area contributed by atoms with Gasteiger partial charge in [-0.1, -0.05) is 51.5 Å². The number of hydrogen-bond donors (Lipinski definition) is 0. The zero-order valence-corrected chi connectivity index (χ0v) is 24.8. The largest absolute Gasteiger partial charge is 0.494 e. The molecule has 0 spiro atoms. The standard InChI is InChI=1S/C32H34F6O7/c1-4-7-8-9-21-10-13-25(22(5-2)18-21)26-19-23-11-12-24(20-27(23)43-29(26)40)41-16-14-30(33,34)44-32(37,38)45-31(35,36)15-17-42-28(39)6-3/h6,10-13,18-20H,3-5,7-9,14-17H2,1-2H3. The van der Waals surface area contributed by atoms with Crippen LogP contribution in [0.5, 0.6) is 5.75 Å². The fraction of sp³-hybridized carbons (Fsp3) is 0.438. The number of hydrogen-bond acceptors (Lipinski definition) is 7. The molecular weight excluding hydrogens is 610 g/mol. The summed E-state index contributed by atoms with van der Waals surface area (Å²) in [6, 6.07) is 11.8. The van der Waals surface area contributed by atoms with Crippen molar-refractivity contribution in [3.8, 4) is 16.9 Å². The first-order valence-corrected chi connectivity index (χ1v) is 14.3. The average Bonchev–Trinajstić information content (AvgIpc) is 2.95. The minimum atomic E-state index is -5.40. The van der Waals surface area contributed by atoms with E-state index in [0.29, 0.717) is 23.4 Å². The summed E-state index contributed by atoms with van der Waals surface area (Å²) in [7, 11) is 0. The number of benzene rings is 2. The number of unbranched alkanes of at least 4 members (excludes halogenated alkanes) is 2. The molecule has 1 aromatic heterocycles. The number of carbonyl (C=O) groups is 1. The number of fused-ring (bicyclic) bond motifs is 1. The van der Waals surface area contributed by atoms with Gasteiger partial charge in [0, 0.05) is 17.5 Å². The van der Waals surface area contributed by atoms with E-state index < -0.39 is 56.2 Å². The van der Waals surface area contributed by atoms with E-state index in [2.05, 4.69) is 33.8 Å². The first kappa shape index (κ1) is 35.6. The molecule has 0 fully saturated rings. The van der Waals surface area contributed by atoms with Crippen LogP contribution >= 0.6 is 0 Å². The van der Waals surface area contributed by atoms with Crippen LogP contribution in [0.2, 0.25) is 0 Å². The van der Waals surface area contributed by atoms with E-state index in [0.717, 1.165) is 36.8 Å². The molecule has 0 aliphatic rings. The number of alkyl halides is 6. The van der Waals surface area contributed by atoms with Gasteiger partial charge in [0.1, 0.15) is 11.3 Å². The SMILES string of the molecule is C=CC(=O)OCCC(F)(F)OC(F)(F)OC(F)(F)CCOc1ccc2cc(-c3ccc(CCCCC)cc3CC)c(=O)oc2c1. The molecule has 0 unspecified atom stereocenters. The molecule has 0 bridgehead atoms. The van der Waals surface area contributed by atoms with Crippen molar-refractivity contribution in [3.63, 3.8) is 0 Å². The van der Waals surface area contributed by atoms with Gasteiger partial charge in [0.25, 0.3) is 0 Å². The summed E-state index contributed by atoms with van der Waals surface area (Å²) in [4.78, 5) is 23.8. The summed E-state index contributed by atoms with van der Waals surface area (Å²) in [6.45, 7) is 5.22. The number of aryl methyl sites for hydroxylation is 2. The highest BCUT2D eigenvalue weighted by Crippen LogP contribution is 2.36. The van der Waals surface area contributed by atoms with Crippen molar-refractivity contribution in [3.05, 3.63) is 76.7 Å². The summed E-state index contributed by atoms with van der Waals surface area (Å²) >= 11 is 0. The molecule has 0 amide bonds. The van der Waals surface area contributed by atoms with Gasteiger partial charge in [0.15, 0.2) is 0 Å². The van der Waals surface area contributed by atoms with Crippen LogP contribution in [0.4, 0.5) is 26.3 Å². The van der Waals surface area contributed by atoms with E-state index in [1.807, 2.05) is 19.1 Å². The first-order chi connectivity index (χ1) is 21.2. The number of esters is 1. The average molecular weight is 645 g/mol. The second kappa shape index (κ2) is 15.4. The molecule has 45 heavy (non-hydrogen) atoms.